The molecular weight excluding hydrogens is 232 g/mol. The average Bonchev–Trinajstić information content (AvgIpc) is 2.85. The van der Waals surface area contributed by atoms with Crippen LogP contribution in [0, 0.1) is 0 Å². The van der Waals surface area contributed by atoms with Gasteiger partial charge in [0.2, 0.25) is 0 Å². The van der Waals surface area contributed by atoms with Gasteiger partial charge in [-0.25, -0.2) is 4.98 Å². The van der Waals surface area contributed by atoms with E-state index in [-0.39, 0.29) is 5.91 Å². The van der Waals surface area contributed by atoms with Crippen LogP contribution in [0.4, 0.5) is 0 Å². The number of carbonyl (C=O) groups is 1. The Balaban J connectivity index is 1.85. The minimum absolute atomic E-state index is 0.207. The molecule has 1 aliphatic heterocycles. The second-order valence-corrected chi connectivity index (χ2v) is 5.41. The average molecular weight is 244 g/mol. The highest BCUT2D eigenvalue weighted by atomic mass is 32.2. The van der Waals surface area contributed by atoms with Crippen molar-refractivity contribution in [3.8, 4) is 0 Å². The normalized spacial score (nSPS) is 25.4. The molecule has 1 aliphatic rings. The van der Waals surface area contributed by atoms with Gasteiger partial charge in [-0.05, 0) is 12.2 Å². The summed E-state index contributed by atoms with van der Waals surface area (Å²) in [5.41, 5.74) is 1.32. The van der Waals surface area contributed by atoms with Gasteiger partial charge in [0.05, 0.1) is 11.1 Å². The van der Waals surface area contributed by atoms with E-state index in [1.54, 1.807) is 22.7 Å². The van der Waals surface area contributed by atoms with E-state index in [4.69, 9.17) is 0 Å². The van der Waals surface area contributed by atoms with Gasteiger partial charge in [0.1, 0.15) is 5.69 Å². The van der Waals surface area contributed by atoms with Crippen LogP contribution in [0.5, 0.6) is 0 Å². The van der Waals surface area contributed by atoms with Crippen LogP contribution < -0.4 is 5.32 Å². The van der Waals surface area contributed by atoms with Crippen LogP contribution in [0.3, 0.4) is 0 Å². The summed E-state index contributed by atoms with van der Waals surface area (Å²) in [6.07, 6.45) is 0.745. The highest BCUT2D eigenvalue weighted by molar-refractivity contribution is 7.99. The Kier molecular flexibility index (Phi) is 3.28. The predicted octanol–water partition coefficient (Wildman–Crippen LogP) is 0.741. The van der Waals surface area contributed by atoms with E-state index < -0.39 is 5.60 Å². The first-order valence-corrected chi connectivity index (χ1v) is 6.76. The maximum atomic E-state index is 11.5. The Labute approximate surface area is 96.1 Å². The lowest BCUT2D eigenvalue weighted by Crippen LogP contribution is -2.43. The largest absolute Gasteiger partial charge is 0.387 e. The third-order valence-electron chi connectivity index (χ3n) is 2.33. The summed E-state index contributed by atoms with van der Waals surface area (Å²) in [6.45, 7) is 0.316. The topological polar surface area (TPSA) is 62.2 Å². The van der Waals surface area contributed by atoms with E-state index in [1.807, 2.05) is 0 Å². The second kappa shape index (κ2) is 4.51. The summed E-state index contributed by atoms with van der Waals surface area (Å²) in [5.74, 6) is 1.45. The van der Waals surface area contributed by atoms with E-state index in [1.165, 1.54) is 11.3 Å². The maximum Gasteiger partial charge on any atom is 0.270 e. The van der Waals surface area contributed by atoms with Gasteiger partial charge < -0.3 is 10.4 Å². The molecule has 0 spiro atoms. The fourth-order valence-corrected chi connectivity index (χ4v) is 3.22. The minimum atomic E-state index is -0.726. The molecule has 4 nitrogen and oxygen atoms in total. The van der Waals surface area contributed by atoms with Gasteiger partial charge in [0, 0.05) is 17.7 Å². The number of rotatable bonds is 3. The fraction of sp³-hybridized carbons (Fsp3) is 0.556. The molecule has 1 aromatic heterocycles. The first-order valence-electron chi connectivity index (χ1n) is 4.66. The molecule has 0 radical (unpaired) electrons. The first-order chi connectivity index (χ1) is 7.20. The fourth-order valence-electron chi connectivity index (χ4n) is 1.40. The summed E-state index contributed by atoms with van der Waals surface area (Å²) in [6, 6.07) is 0. The molecule has 0 bridgehead atoms. The minimum Gasteiger partial charge on any atom is -0.387 e. The lowest BCUT2D eigenvalue weighted by Gasteiger charge is -2.21. The van der Waals surface area contributed by atoms with Crippen LogP contribution in [0.1, 0.15) is 16.9 Å². The number of thiazole rings is 1. The van der Waals surface area contributed by atoms with Gasteiger partial charge >= 0.3 is 0 Å². The van der Waals surface area contributed by atoms with E-state index >= 15 is 0 Å². The van der Waals surface area contributed by atoms with E-state index in [9.17, 15) is 9.90 Å². The van der Waals surface area contributed by atoms with Crippen molar-refractivity contribution in [3.63, 3.8) is 0 Å². The molecule has 0 aromatic carbocycles. The zero-order valence-electron chi connectivity index (χ0n) is 8.10. The zero-order chi connectivity index (χ0) is 10.7. The molecule has 82 valence electrons. The van der Waals surface area contributed by atoms with Crippen molar-refractivity contribution < 1.29 is 9.90 Å². The summed E-state index contributed by atoms with van der Waals surface area (Å²) in [7, 11) is 0. The number of hydrogen-bond acceptors (Lipinski definition) is 5. The van der Waals surface area contributed by atoms with Crippen LogP contribution in [-0.4, -0.2) is 39.6 Å². The molecule has 0 saturated carbocycles. The molecule has 0 aliphatic carbocycles. The first kappa shape index (κ1) is 10.9. The summed E-state index contributed by atoms with van der Waals surface area (Å²) in [5, 5.41) is 14.4. The van der Waals surface area contributed by atoms with Crippen molar-refractivity contribution in [2.24, 2.45) is 0 Å². The Morgan fingerprint density at radius 1 is 1.73 bits per heavy atom. The molecule has 1 aromatic rings. The lowest BCUT2D eigenvalue weighted by atomic mass is 10.0. The van der Waals surface area contributed by atoms with Gasteiger partial charge in [0.25, 0.3) is 5.91 Å². The van der Waals surface area contributed by atoms with Crippen LogP contribution in [0.15, 0.2) is 10.9 Å². The van der Waals surface area contributed by atoms with Gasteiger partial charge in [-0.3, -0.25) is 4.79 Å². The highest BCUT2D eigenvalue weighted by Gasteiger charge is 2.32. The maximum absolute atomic E-state index is 11.5. The van der Waals surface area contributed by atoms with Crippen molar-refractivity contribution >= 4 is 29.0 Å². The zero-order valence-corrected chi connectivity index (χ0v) is 9.74. The molecule has 6 heteroatoms. The van der Waals surface area contributed by atoms with Crippen LogP contribution >= 0.6 is 23.1 Å². The number of aromatic nitrogens is 1. The molecule has 2 heterocycles. The number of hydrogen-bond donors (Lipinski definition) is 2. The third kappa shape index (κ3) is 2.70. The van der Waals surface area contributed by atoms with Gasteiger partial charge in [-0.15, -0.1) is 11.3 Å². The van der Waals surface area contributed by atoms with Crippen LogP contribution in [-0.2, 0) is 0 Å². The number of aliphatic hydroxyl groups is 1. The van der Waals surface area contributed by atoms with E-state index in [0.717, 1.165) is 12.2 Å². The van der Waals surface area contributed by atoms with Crippen molar-refractivity contribution in [1.82, 2.24) is 10.3 Å². The van der Waals surface area contributed by atoms with Gasteiger partial charge in [0.15, 0.2) is 0 Å². The predicted molar refractivity (Wildman–Crippen MR) is 61.3 cm³/mol. The van der Waals surface area contributed by atoms with Gasteiger partial charge in [-0.1, -0.05) is 0 Å². The third-order valence-corrected chi connectivity index (χ3v) is 4.15. The van der Waals surface area contributed by atoms with Gasteiger partial charge in [-0.2, -0.15) is 11.8 Å². The molecule has 1 amide bonds. The van der Waals surface area contributed by atoms with Crippen molar-refractivity contribution in [2.45, 2.75) is 12.0 Å². The number of nitrogens with zero attached hydrogens (tertiary/aromatic N) is 1. The highest BCUT2D eigenvalue weighted by Crippen LogP contribution is 2.26. The van der Waals surface area contributed by atoms with Crippen LogP contribution in [0.2, 0.25) is 0 Å². The second-order valence-electron chi connectivity index (χ2n) is 3.58. The lowest BCUT2D eigenvalue weighted by molar-refractivity contribution is 0.0611. The van der Waals surface area contributed by atoms with Crippen LogP contribution in [0.25, 0.3) is 0 Å². The number of nitrogens with one attached hydrogen (secondary N) is 1. The summed E-state index contributed by atoms with van der Waals surface area (Å²) >= 11 is 3.10. The molecule has 1 fully saturated rings. The quantitative estimate of drug-likeness (QED) is 0.823. The summed E-state index contributed by atoms with van der Waals surface area (Å²) < 4.78 is 0. The number of thioether (sulfide) groups is 1. The smallest absolute Gasteiger partial charge is 0.270 e. The standard InChI is InChI=1S/C9H12N2O2S2/c12-8(7-3-15-6-11-7)10-4-9(13)1-2-14-5-9/h3,6,13H,1-2,4-5H2,(H,10,12). The molecular formula is C9H12N2O2S2. The van der Waals surface area contributed by atoms with Crippen molar-refractivity contribution in [3.05, 3.63) is 16.6 Å². The Hall–Kier alpha value is -0.590. The molecule has 1 atom stereocenters. The monoisotopic (exact) mass is 244 g/mol. The Morgan fingerprint density at radius 2 is 2.60 bits per heavy atom. The number of carbonyl (C=O) groups excluding carboxylic acids is 1. The van der Waals surface area contributed by atoms with E-state index in [2.05, 4.69) is 10.3 Å². The number of amides is 1. The summed E-state index contributed by atoms with van der Waals surface area (Å²) in [4.78, 5) is 15.4. The van der Waals surface area contributed by atoms with Crippen molar-refractivity contribution in [1.29, 1.82) is 0 Å². The van der Waals surface area contributed by atoms with Crippen molar-refractivity contribution in [2.75, 3.05) is 18.1 Å². The molecule has 15 heavy (non-hydrogen) atoms. The SMILES string of the molecule is O=C(NCC1(O)CCSC1)c1cscn1. The Bertz CT molecular complexity index is 334. The van der Waals surface area contributed by atoms with E-state index in [0.29, 0.717) is 18.0 Å². The molecule has 2 rings (SSSR count). The molecule has 1 saturated heterocycles. The Morgan fingerprint density at radius 3 is 3.20 bits per heavy atom. The molecule has 1 unspecified atom stereocenters. The molecule has 2 N–H and O–H groups in total.